The zero-order valence-corrected chi connectivity index (χ0v) is 15.2. The first-order chi connectivity index (χ1) is 11.8. The molecule has 0 aliphatic heterocycles. The van der Waals surface area contributed by atoms with E-state index in [4.69, 9.17) is 23.2 Å². The van der Waals surface area contributed by atoms with E-state index >= 15 is 0 Å². The van der Waals surface area contributed by atoms with Crippen molar-refractivity contribution in [2.75, 3.05) is 16.8 Å². The third-order valence-electron chi connectivity index (χ3n) is 3.47. The number of anilines is 2. The molecule has 0 saturated carbocycles. The van der Waals surface area contributed by atoms with Gasteiger partial charge in [-0.25, -0.2) is 0 Å². The first-order valence-corrected chi connectivity index (χ1v) is 8.17. The molecule has 1 N–H and O–H groups in total. The second-order valence-electron chi connectivity index (χ2n) is 5.39. The van der Waals surface area contributed by atoms with Crippen molar-refractivity contribution < 1.29 is 14.4 Å². The van der Waals surface area contributed by atoms with E-state index in [-0.39, 0.29) is 24.1 Å². The second-order valence-corrected chi connectivity index (χ2v) is 6.20. The van der Waals surface area contributed by atoms with Crippen LogP contribution in [0.25, 0.3) is 0 Å². The Morgan fingerprint density at radius 3 is 2.12 bits per heavy atom. The van der Waals surface area contributed by atoms with Gasteiger partial charge in [0, 0.05) is 23.9 Å². The summed E-state index contributed by atoms with van der Waals surface area (Å²) in [6, 6.07) is 11.2. The molecule has 0 unspecified atom stereocenters. The van der Waals surface area contributed by atoms with Crippen molar-refractivity contribution >= 4 is 52.2 Å². The van der Waals surface area contributed by atoms with Gasteiger partial charge in [0.05, 0.1) is 10.0 Å². The number of carbonyl (C=O) groups excluding carboxylic acids is 3. The van der Waals surface area contributed by atoms with E-state index in [2.05, 4.69) is 5.32 Å². The number of halogens is 2. The third-order valence-corrected chi connectivity index (χ3v) is 4.21. The van der Waals surface area contributed by atoms with Gasteiger partial charge in [0.15, 0.2) is 5.78 Å². The Balaban J connectivity index is 2.11. The first kappa shape index (κ1) is 19.0. The molecule has 130 valence electrons. The van der Waals surface area contributed by atoms with Crippen LogP contribution in [-0.4, -0.2) is 24.1 Å². The molecule has 0 heterocycles. The Kier molecular flexibility index (Phi) is 6.17. The molecule has 2 aromatic rings. The molecule has 2 amide bonds. The summed E-state index contributed by atoms with van der Waals surface area (Å²) >= 11 is 11.8. The number of nitrogens with zero attached hydrogens (tertiary/aromatic N) is 1. The molecule has 0 spiro atoms. The summed E-state index contributed by atoms with van der Waals surface area (Å²) < 4.78 is 0. The van der Waals surface area contributed by atoms with E-state index in [1.165, 1.54) is 24.8 Å². The molecule has 0 atom stereocenters. The number of carbonyl (C=O) groups is 3. The highest BCUT2D eigenvalue weighted by Crippen LogP contribution is 2.27. The summed E-state index contributed by atoms with van der Waals surface area (Å²) in [6.07, 6.45) is 0. The van der Waals surface area contributed by atoms with Crippen molar-refractivity contribution in [3.8, 4) is 0 Å². The maximum atomic E-state index is 12.2. The van der Waals surface area contributed by atoms with E-state index < -0.39 is 0 Å². The normalized spacial score (nSPS) is 10.2. The number of hydrogen-bond donors (Lipinski definition) is 1. The van der Waals surface area contributed by atoms with Gasteiger partial charge in [0.2, 0.25) is 11.8 Å². The van der Waals surface area contributed by atoms with Gasteiger partial charge in [-0.15, -0.1) is 0 Å². The lowest BCUT2D eigenvalue weighted by atomic mass is 10.1. The van der Waals surface area contributed by atoms with E-state index in [1.54, 1.807) is 36.4 Å². The fourth-order valence-corrected chi connectivity index (χ4v) is 2.46. The second kappa shape index (κ2) is 8.14. The zero-order valence-electron chi connectivity index (χ0n) is 13.7. The van der Waals surface area contributed by atoms with Crippen LogP contribution in [0, 0.1) is 0 Å². The highest BCUT2D eigenvalue weighted by atomic mass is 35.5. The van der Waals surface area contributed by atoms with Crippen molar-refractivity contribution in [2.24, 2.45) is 0 Å². The molecule has 0 radical (unpaired) electrons. The van der Waals surface area contributed by atoms with Crippen LogP contribution in [0.4, 0.5) is 11.4 Å². The predicted molar refractivity (Wildman–Crippen MR) is 99.6 cm³/mol. The van der Waals surface area contributed by atoms with Crippen LogP contribution in [0.5, 0.6) is 0 Å². The van der Waals surface area contributed by atoms with E-state index in [0.717, 1.165) is 0 Å². The van der Waals surface area contributed by atoms with Crippen molar-refractivity contribution in [1.29, 1.82) is 0 Å². The largest absolute Gasteiger partial charge is 0.325 e. The smallest absolute Gasteiger partial charge is 0.244 e. The average Bonchev–Trinajstić information content (AvgIpc) is 2.55. The van der Waals surface area contributed by atoms with E-state index in [1.807, 2.05) is 0 Å². The summed E-state index contributed by atoms with van der Waals surface area (Å²) in [5.41, 5.74) is 1.57. The fourth-order valence-electron chi connectivity index (χ4n) is 2.17. The molecule has 0 saturated heterocycles. The van der Waals surface area contributed by atoms with Crippen molar-refractivity contribution in [1.82, 2.24) is 0 Å². The maximum absolute atomic E-state index is 12.2. The Hall–Kier alpha value is -2.37. The Labute approximate surface area is 155 Å². The highest BCUT2D eigenvalue weighted by Gasteiger charge is 2.17. The monoisotopic (exact) mass is 378 g/mol. The zero-order chi connectivity index (χ0) is 18.6. The third kappa shape index (κ3) is 5.05. The summed E-state index contributed by atoms with van der Waals surface area (Å²) in [5, 5.41) is 3.35. The number of rotatable bonds is 5. The number of amides is 2. The van der Waals surface area contributed by atoms with Crippen LogP contribution < -0.4 is 10.2 Å². The SMILES string of the molecule is CC(=O)c1ccc(NC(=O)CN(C(C)=O)c2ccc(Cl)c(Cl)c2)cc1. The van der Waals surface area contributed by atoms with Crippen LogP contribution in [0.1, 0.15) is 24.2 Å². The van der Waals surface area contributed by atoms with Crippen molar-refractivity contribution in [2.45, 2.75) is 13.8 Å². The molecular formula is C18H16Cl2N2O3. The quantitative estimate of drug-likeness (QED) is 0.793. The van der Waals surface area contributed by atoms with Crippen LogP contribution in [-0.2, 0) is 9.59 Å². The number of Topliss-reactive ketones (excluding diaryl/α,β-unsaturated/α-hetero) is 1. The van der Waals surface area contributed by atoms with Crippen molar-refractivity contribution in [3.63, 3.8) is 0 Å². The lowest BCUT2D eigenvalue weighted by molar-refractivity contribution is -0.120. The van der Waals surface area contributed by atoms with Gasteiger partial charge in [-0.3, -0.25) is 14.4 Å². The van der Waals surface area contributed by atoms with Gasteiger partial charge in [-0.05, 0) is 49.4 Å². The van der Waals surface area contributed by atoms with E-state index in [0.29, 0.717) is 27.0 Å². The van der Waals surface area contributed by atoms with Gasteiger partial charge >= 0.3 is 0 Å². The number of hydrogen-bond acceptors (Lipinski definition) is 3. The minimum Gasteiger partial charge on any atom is -0.325 e. The van der Waals surface area contributed by atoms with E-state index in [9.17, 15) is 14.4 Å². The topological polar surface area (TPSA) is 66.5 Å². The molecule has 7 heteroatoms. The van der Waals surface area contributed by atoms with Gasteiger partial charge < -0.3 is 10.2 Å². The minimum atomic E-state index is -0.378. The lowest BCUT2D eigenvalue weighted by Crippen LogP contribution is -2.36. The maximum Gasteiger partial charge on any atom is 0.244 e. The van der Waals surface area contributed by atoms with Crippen LogP contribution >= 0.6 is 23.2 Å². The van der Waals surface area contributed by atoms with Gasteiger partial charge in [0.25, 0.3) is 0 Å². The summed E-state index contributed by atoms with van der Waals surface area (Å²) in [4.78, 5) is 36.7. The Morgan fingerprint density at radius 2 is 1.60 bits per heavy atom. The van der Waals surface area contributed by atoms with Crippen LogP contribution in [0.2, 0.25) is 10.0 Å². The minimum absolute atomic E-state index is 0.0553. The molecule has 0 aliphatic rings. The Bertz CT molecular complexity index is 820. The Morgan fingerprint density at radius 1 is 0.960 bits per heavy atom. The van der Waals surface area contributed by atoms with Crippen LogP contribution in [0.3, 0.4) is 0 Å². The summed E-state index contributed by atoms with van der Waals surface area (Å²) in [5.74, 6) is -0.738. The van der Waals surface area contributed by atoms with Gasteiger partial charge in [-0.2, -0.15) is 0 Å². The molecule has 0 fully saturated rings. The summed E-state index contributed by atoms with van der Waals surface area (Å²) in [7, 11) is 0. The molecule has 0 aromatic heterocycles. The fraction of sp³-hybridized carbons (Fsp3) is 0.167. The van der Waals surface area contributed by atoms with Crippen molar-refractivity contribution in [3.05, 3.63) is 58.1 Å². The number of nitrogens with one attached hydrogen (secondary N) is 1. The molecule has 0 aliphatic carbocycles. The lowest BCUT2D eigenvalue weighted by Gasteiger charge is -2.21. The number of benzene rings is 2. The molecule has 0 bridgehead atoms. The van der Waals surface area contributed by atoms with Gasteiger partial charge in [0.1, 0.15) is 6.54 Å². The molecule has 25 heavy (non-hydrogen) atoms. The molecule has 2 rings (SSSR count). The van der Waals surface area contributed by atoms with Gasteiger partial charge in [-0.1, -0.05) is 23.2 Å². The summed E-state index contributed by atoms with van der Waals surface area (Å²) in [6.45, 7) is 2.65. The molecular weight excluding hydrogens is 363 g/mol. The standard InChI is InChI=1S/C18H16Cl2N2O3/c1-11(23)13-3-5-14(6-4-13)21-18(25)10-22(12(2)24)15-7-8-16(19)17(20)9-15/h3-9H,10H2,1-2H3,(H,21,25). The number of ketones is 1. The van der Waals surface area contributed by atoms with Crippen LogP contribution in [0.15, 0.2) is 42.5 Å². The molecule has 5 nitrogen and oxygen atoms in total. The average molecular weight is 379 g/mol. The highest BCUT2D eigenvalue weighted by molar-refractivity contribution is 6.42. The predicted octanol–water partition coefficient (Wildman–Crippen LogP) is 4.19. The molecule has 2 aromatic carbocycles. The first-order valence-electron chi connectivity index (χ1n) is 7.42.